The molecule has 5 heterocycles. The van der Waals surface area contributed by atoms with Crippen LogP contribution >= 0.6 is 23.2 Å². The molecule has 2 aliphatic heterocycles. The van der Waals surface area contributed by atoms with E-state index in [1.54, 1.807) is 12.1 Å². The van der Waals surface area contributed by atoms with Gasteiger partial charge in [-0.15, -0.1) is 5.10 Å². The maximum atomic E-state index is 13.1. The number of likely N-dealkylation sites (N-methyl/N-ethyl adjacent to an activating group) is 1. The molecule has 6 N–H and O–H groups in total. The van der Waals surface area contributed by atoms with Crippen molar-refractivity contribution >= 4 is 58.5 Å². The minimum Gasteiger partial charge on any atom is -0.402 e. The van der Waals surface area contributed by atoms with Crippen molar-refractivity contribution in [2.75, 3.05) is 68.0 Å². The molecule has 0 spiro atoms. The van der Waals surface area contributed by atoms with Gasteiger partial charge in [-0.05, 0) is 31.4 Å². The summed E-state index contributed by atoms with van der Waals surface area (Å²) in [7, 11) is 1.53. The van der Waals surface area contributed by atoms with Crippen molar-refractivity contribution < 1.29 is 14.0 Å². The molecule has 2 aliphatic rings. The van der Waals surface area contributed by atoms with E-state index in [4.69, 9.17) is 39.1 Å². The number of nitrogens with zero attached hydrogens (tertiary/aromatic N) is 8. The Hall–Kier alpha value is -3.95. The summed E-state index contributed by atoms with van der Waals surface area (Å²) in [5.74, 6) is 0.416. The fraction of sp³-hybridized carbons (Fsp3) is 0.500. The minimum absolute atomic E-state index is 0.0307. The van der Waals surface area contributed by atoms with Crippen LogP contribution in [0.25, 0.3) is 11.6 Å². The maximum Gasteiger partial charge on any atom is 0.316 e. The number of nitrogens with one attached hydrogen (secondary N) is 2. The molecule has 0 saturated carbocycles. The molecule has 5 rings (SSSR count). The first-order valence-corrected chi connectivity index (χ1v) is 14.8. The van der Waals surface area contributed by atoms with Gasteiger partial charge in [0.1, 0.15) is 11.0 Å². The predicted octanol–water partition coefficient (Wildman–Crippen LogP) is 1.76. The van der Waals surface area contributed by atoms with Crippen LogP contribution in [0.3, 0.4) is 0 Å². The molecule has 2 amide bonds. The summed E-state index contributed by atoms with van der Waals surface area (Å²) in [6, 6.07) is 3.85. The molecule has 0 unspecified atom stereocenters. The van der Waals surface area contributed by atoms with Gasteiger partial charge in [0.15, 0.2) is 22.5 Å². The van der Waals surface area contributed by atoms with Crippen LogP contribution in [0, 0.1) is 0 Å². The highest BCUT2D eigenvalue weighted by atomic mass is 35.5. The number of anilines is 4. The summed E-state index contributed by atoms with van der Waals surface area (Å²) < 4.78 is 5.55. The van der Waals surface area contributed by atoms with Crippen LogP contribution in [-0.4, -0.2) is 105 Å². The van der Waals surface area contributed by atoms with Crippen molar-refractivity contribution in [3.8, 4) is 11.6 Å². The topological polar surface area (TPSA) is 198 Å². The van der Waals surface area contributed by atoms with Crippen LogP contribution in [-0.2, 0) is 4.79 Å². The Morgan fingerprint density at radius 3 is 2.51 bits per heavy atom. The number of carbonyl (C=O) groups is 2. The number of likely N-dealkylation sites (tertiary alicyclic amines) is 1. The largest absolute Gasteiger partial charge is 0.402 e. The first-order valence-electron chi connectivity index (χ1n) is 14.0. The van der Waals surface area contributed by atoms with Crippen LogP contribution in [0.4, 0.5) is 23.5 Å². The normalized spacial score (nSPS) is 18.1. The molecule has 43 heavy (non-hydrogen) atoms. The molecule has 3 aromatic heterocycles. The zero-order valence-electron chi connectivity index (χ0n) is 23.9. The second kappa shape index (κ2) is 13.1. The number of halogens is 2. The molecular formula is C26H34Cl2N12O3. The summed E-state index contributed by atoms with van der Waals surface area (Å²) in [6.45, 7) is 5.58. The highest BCUT2D eigenvalue weighted by Gasteiger charge is 2.35. The van der Waals surface area contributed by atoms with Gasteiger partial charge >= 0.3 is 6.01 Å². The monoisotopic (exact) mass is 632 g/mol. The fourth-order valence-electron chi connectivity index (χ4n) is 5.52. The summed E-state index contributed by atoms with van der Waals surface area (Å²) >= 11 is 12.5. The maximum absolute atomic E-state index is 13.1. The highest BCUT2D eigenvalue weighted by Crippen LogP contribution is 2.33. The standard InChI is InChI=1S/C26H34Cl2N12O3/c1-3-14-13-39(23-20(28)34-19(22(30)35-23)24-36-37-26(43-24)32-12-18(41)31-2)10-11-40(14)15-6-8-38(9-7-15)25(42)16-4-5-17(27)33-21(16)29/h4-5,14-15H,3,6-13H2,1-2H3,(H2,29,33)(H2,30,35)(H,31,41)(H,32,37)/t14-/m0/s1. The van der Waals surface area contributed by atoms with E-state index in [9.17, 15) is 9.59 Å². The Morgan fingerprint density at radius 2 is 1.81 bits per heavy atom. The first-order chi connectivity index (χ1) is 20.7. The summed E-state index contributed by atoms with van der Waals surface area (Å²) in [4.78, 5) is 44.0. The lowest BCUT2D eigenvalue weighted by molar-refractivity contribution is -0.118. The van der Waals surface area contributed by atoms with E-state index < -0.39 is 0 Å². The van der Waals surface area contributed by atoms with Gasteiger partial charge in [-0.25, -0.2) is 15.0 Å². The number of nitrogen functional groups attached to an aromatic ring is 2. The molecule has 0 radical (unpaired) electrons. The Balaban J connectivity index is 1.21. The third kappa shape index (κ3) is 6.68. The number of rotatable bonds is 8. The van der Waals surface area contributed by atoms with Gasteiger partial charge in [-0.3, -0.25) is 14.5 Å². The molecule has 0 aromatic carbocycles. The lowest BCUT2D eigenvalue weighted by Crippen LogP contribution is -2.58. The van der Waals surface area contributed by atoms with E-state index in [2.05, 4.69) is 52.5 Å². The van der Waals surface area contributed by atoms with Gasteiger partial charge in [0, 0.05) is 51.9 Å². The lowest BCUT2D eigenvalue weighted by atomic mass is 9.97. The SMILES string of the molecule is CC[C@H]1CN(c2nc(N)c(-c3nnc(NCC(=O)NC)o3)nc2Cl)CCN1C1CCN(C(=O)c2ccc(Cl)nc2N)CC1. The number of amides is 2. The molecule has 2 fully saturated rings. The number of hydrogen-bond acceptors (Lipinski definition) is 13. The number of pyridine rings is 1. The van der Waals surface area contributed by atoms with E-state index in [1.165, 1.54) is 7.05 Å². The minimum atomic E-state index is -0.241. The molecule has 0 aliphatic carbocycles. The van der Waals surface area contributed by atoms with Crippen molar-refractivity contribution in [3.63, 3.8) is 0 Å². The lowest BCUT2D eigenvalue weighted by Gasteiger charge is -2.47. The van der Waals surface area contributed by atoms with Gasteiger partial charge < -0.3 is 36.3 Å². The van der Waals surface area contributed by atoms with Gasteiger partial charge in [0.25, 0.3) is 11.8 Å². The molecule has 2 saturated heterocycles. The van der Waals surface area contributed by atoms with E-state index in [0.29, 0.717) is 43.6 Å². The van der Waals surface area contributed by atoms with E-state index >= 15 is 0 Å². The molecule has 1 atom stereocenters. The summed E-state index contributed by atoms with van der Waals surface area (Å²) in [6.07, 6.45) is 2.64. The van der Waals surface area contributed by atoms with E-state index in [-0.39, 0.29) is 63.9 Å². The smallest absolute Gasteiger partial charge is 0.316 e. The second-order valence-corrected chi connectivity index (χ2v) is 11.1. The molecule has 17 heteroatoms. The Labute approximate surface area is 258 Å². The van der Waals surface area contributed by atoms with Crippen LogP contribution in [0.2, 0.25) is 10.3 Å². The Bertz CT molecular complexity index is 1480. The average Bonchev–Trinajstić information content (AvgIpc) is 3.49. The molecule has 230 valence electrons. The van der Waals surface area contributed by atoms with Crippen molar-refractivity contribution in [1.29, 1.82) is 0 Å². The van der Waals surface area contributed by atoms with Crippen molar-refractivity contribution in [2.24, 2.45) is 0 Å². The van der Waals surface area contributed by atoms with Crippen LogP contribution in [0.1, 0.15) is 36.5 Å². The molecule has 3 aromatic rings. The molecular weight excluding hydrogens is 599 g/mol. The first kappa shape index (κ1) is 30.5. The summed E-state index contributed by atoms with van der Waals surface area (Å²) in [5.41, 5.74) is 12.7. The third-order valence-corrected chi connectivity index (χ3v) is 8.28. The quantitative estimate of drug-likeness (QED) is 0.262. The van der Waals surface area contributed by atoms with Gasteiger partial charge in [0.2, 0.25) is 5.91 Å². The predicted molar refractivity (Wildman–Crippen MR) is 163 cm³/mol. The summed E-state index contributed by atoms with van der Waals surface area (Å²) in [5, 5.41) is 13.5. The van der Waals surface area contributed by atoms with Crippen molar-refractivity contribution in [3.05, 3.63) is 28.0 Å². The van der Waals surface area contributed by atoms with E-state index in [0.717, 1.165) is 25.8 Å². The zero-order valence-corrected chi connectivity index (χ0v) is 25.4. The zero-order chi connectivity index (χ0) is 30.7. The third-order valence-electron chi connectivity index (χ3n) is 7.81. The number of hydrogen-bond donors (Lipinski definition) is 4. The van der Waals surface area contributed by atoms with Crippen molar-refractivity contribution in [2.45, 2.75) is 38.3 Å². The number of carbonyl (C=O) groups excluding carboxylic acids is 2. The van der Waals surface area contributed by atoms with Crippen LogP contribution in [0.15, 0.2) is 16.5 Å². The number of piperidine rings is 1. The highest BCUT2D eigenvalue weighted by molar-refractivity contribution is 6.32. The van der Waals surface area contributed by atoms with Gasteiger partial charge in [0.05, 0.1) is 12.1 Å². The van der Waals surface area contributed by atoms with Crippen LogP contribution < -0.4 is 27.0 Å². The van der Waals surface area contributed by atoms with E-state index in [1.807, 2.05) is 4.90 Å². The van der Waals surface area contributed by atoms with Gasteiger partial charge in [-0.2, -0.15) is 0 Å². The second-order valence-electron chi connectivity index (χ2n) is 10.3. The van der Waals surface area contributed by atoms with Gasteiger partial charge in [-0.1, -0.05) is 35.2 Å². The fourth-order valence-corrected chi connectivity index (χ4v) is 5.92. The van der Waals surface area contributed by atoms with Crippen molar-refractivity contribution in [1.82, 2.24) is 40.3 Å². The van der Waals surface area contributed by atoms with Crippen LogP contribution in [0.5, 0.6) is 0 Å². The molecule has 0 bridgehead atoms. The number of aromatic nitrogens is 5. The Kier molecular flexibility index (Phi) is 9.32. The number of nitrogens with two attached hydrogens (primary N) is 2. The number of piperazine rings is 1. The average molecular weight is 634 g/mol. The molecule has 15 nitrogen and oxygen atoms in total. The Morgan fingerprint density at radius 1 is 1.05 bits per heavy atom.